The normalized spacial score (nSPS) is 12.0. The molecule has 1 aromatic carbocycles. The molecule has 1 aliphatic rings. The average molecular weight is 436 g/mol. The van der Waals surface area contributed by atoms with Crippen LogP contribution in [-0.2, 0) is 29.1 Å². The van der Waals surface area contributed by atoms with E-state index in [1.807, 2.05) is 31.2 Å². The van der Waals surface area contributed by atoms with Crippen LogP contribution in [0.3, 0.4) is 0 Å². The molecule has 3 aromatic rings. The number of pyridine rings is 2. The zero-order valence-corrected chi connectivity index (χ0v) is 18.9. The first kappa shape index (κ1) is 22.0. The number of ether oxygens (including phenoxy) is 2. The summed E-state index contributed by atoms with van der Waals surface area (Å²) in [5.74, 6) is 0.481. The van der Waals surface area contributed by atoms with Gasteiger partial charge in [0.15, 0.2) is 0 Å². The zero-order valence-electron chi connectivity index (χ0n) is 18.9. The van der Waals surface area contributed by atoms with E-state index in [4.69, 9.17) is 20.2 Å². The Labute approximate surface area is 187 Å². The van der Waals surface area contributed by atoms with Crippen LogP contribution in [0.5, 0.6) is 5.75 Å². The molecule has 7 nitrogen and oxygen atoms in total. The highest BCUT2D eigenvalue weighted by Gasteiger charge is 2.27. The first-order valence-corrected chi connectivity index (χ1v) is 11.2. The average Bonchev–Trinajstić information content (AvgIpc) is 3.15. The summed E-state index contributed by atoms with van der Waals surface area (Å²) < 4.78 is 12.8. The predicted octanol–water partition coefficient (Wildman–Crippen LogP) is 3.48. The van der Waals surface area contributed by atoms with E-state index in [1.54, 1.807) is 11.5 Å². The summed E-state index contributed by atoms with van der Waals surface area (Å²) in [5.41, 5.74) is 11.5. The minimum atomic E-state index is -0.316. The van der Waals surface area contributed by atoms with Gasteiger partial charge < -0.3 is 19.8 Å². The molecule has 7 heteroatoms. The van der Waals surface area contributed by atoms with Gasteiger partial charge in [0, 0.05) is 17.4 Å². The monoisotopic (exact) mass is 435 g/mol. The molecule has 0 unspecified atom stereocenters. The highest BCUT2D eigenvalue weighted by Crippen LogP contribution is 2.37. The summed E-state index contributed by atoms with van der Waals surface area (Å²) in [6.07, 6.45) is 1.90. The topological polar surface area (TPSA) is 96.4 Å². The fraction of sp³-hybridized carbons (Fsp3) is 0.400. The van der Waals surface area contributed by atoms with Crippen LogP contribution >= 0.6 is 0 Å². The quantitative estimate of drug-likeness (QED) is 0.336. The van der Waals surface area contributed by atoms with Crippen molar-refractivity contribution in [2.24, 2.45) is 5.73 Å². The number of benzene rings is 1. The zero-order chi connectivity index (χ0) is 22.8. The summed E-state index contributed by atoms with van der Waals surface area (Å²) >= 11 is 0. The van der Waals surface area contributed by atoms with Gasteiger partial charge in [-0.1, -0.05) is 13.8 Å². The van der Waals surface area contributed by atoms with Gasteiger partial charge in [0.2, 0.25) is 0 Å². The highest BCUT2D eigenvalue weighted by molar-refractivity contribution is 5.89. The molecule has 0 fully saturated rings. The lowest BCUT2D eigenvalue weighted by molar-refractivity contribution is -0.144. The van der Waals surface area contributed by atoms with Gasteiger partial charge in [0.25, 0.3) is 5.56 Å². The highest BCUT2D eigenvalue weighted by atomic mass is 16.5. The van der Waals surface area contributed by atoms with Gasteiger partial charge in [0.05, 0.1) is 35.6 Å². The van der Waals surface area contributed by atoms with Crippen molar-refractivity contribution in [2.45, 2.75) is 53.2 Å². The van der Waals surface area contributed by atoms with Gasteiger partial charge in [-0.25, -0.2) is 4.98 Å². The second-order valence-electron chi connectivity index (χ2n) is 8.04. The van der Waals surface area contributed by atoms with E-state index in [0.29, 0.717) is 25.3 Å². The number of rotatable bonds is 8. The molecule has 0 saturated heterocycles. The number of nitrogens with two attached hydrogens (primary N) is 1. The molecular weight excluding hydrogens is 406 g/mol. The van der Waals surface area contributed by atoms with Crippen molar-refractivity contribution in [1.82, 2.24) is 9.55 Å². The maximum absolute atomic E-state index is 13.3. The van der Waals surface area contributed by atoms with E-state index in [2.05, 4.69) is 6.92 Å². The Bertz CT molecular complexity index is 1250. The number of nitrogens with zero attached hydrogens (tertiary/aromatic N) is 2. The largest absolute Gasteiger partial charge is 0.494 e. The number of aryl methyl sites for hydroxylation is 2. The number of carbonyl (C=O) groups is 1. The van der Waals surface area contributed by atoms with Crippen LogP contribution in [0.15, 0.2) is 29.1 Å². The molecule has 0 atom stereocenters. The lowest BCUT2D eigenvalue weighted by Gasteiger charge is -2.12. The Morgan fingerprint density at radius 2 is 2.03 bits per heavy atom. The smallest absolute Gasteiger partial charge is 0.305 e. The number of esters is 1. The molecule has 0 aliphatic carbocycles. The van der Waals surface area contributed by atoms with E-state index in [1.165, 1.54) is 5.56 Å². The van der Waals surface area contributed by atoms with Crippen LogP contribution in [0.25, 0.3) is 22.3 Å². The van der Waals surface area contributed by atoms with Crippen LogP contribution in [-0.4, -0.2) is 28.7 Å². The van der Waals surface area contributed by atoms with Crippen molar-refractivity contribution < 1.29 is 14.3 Å². The van der Waals surface area contributed by atoms with Crippen molar-refractivity contribution in [2.75, 3.05) is 13.2 Å². The lowest BCUT2D eigenvalue weighted by Crippen LogP contribution is -2.25. The van der Waals surface area contributed by atoms with Gasteiger partial charge in [0.1, 0.15) is 12.4 Å². The Morgan fingerprint density at radius 1 is 1.22 bits per heavy atom. The van der Waals surface area contributed by atoms with Gasteiger partial charge in [-0.3, -0.25) is 9.59 Å². The summed E-state index contributed by atoms with van der Waals surface area (Å²) in [6, 6.07) is 7.91. The van der Waals surface area contributed by atoms with Crippen molar-refractivity contribution in [3.05, 3.63) is 56.9 Å². The number of carbonyl (C=O) groups excluding carboxylic acids is 1. The molecule has 2 N–H and O–H groups in total. The summed E-state index contributed by atoms with van der Waals surface area (Å²) in [4.78, 5) is 29.8. The Kier molecular flexibility index (Phi) is 6.28. The first-order valence-electron chi connectivity index (χ1n) is 11.2. The number of aromatic nitrogens is 2. The molecule has 0 amide bonds. The fourth-order valence-corrected chi connectivity index (χ4v) is 4.25. The minimum Gasteiger partial charge on any atom is -0.494 e. The van der Waals surface area contributed by atoms with Crippen molar-refractivity contribution in [1.29, 1.82) is 0 Å². The molecule has 3 heterocycles. The maximum atomic E-state index is 13.3. The van der Waals surface area contributed by atoms with E-state index in [0.717, 1.165) is 52.0 Å². The van der Waals surface area contributed by atoms with Crippen molar-refractivity contribution in [3.8, 4) is 17.1 Å². The van der Waals surface area contributed by atoms with Crippen molar-refractivity contribution >= 4 is 16.9 Å². The fourth-order valence-electron chi connectivity index (χ4n) is 4.25. The molecule has 0 radical (unpaired) electrons. The molecule has 4 rings (SSSR count). The SMILES string of the molecule is CCC(=O)OCc1c(C)cc2n(c1=O)Cc1c-2nc2ccc(OCCCN)cc2c1CC. The number of fused-ring (bicyclic) bond motifs is 4. The lowest BCUT2D eigenvalue weighted by atomic mass is 9.98. The molecule has 32 heavy (non-hydrogen) atoms. The third kappa shape index (κ3) is 3.88. The van der Waals surface area contributed by atoms with E-state index in [-0.39, 0.29) is 24.6 Å². The van der Waals surface area contributed by atoms with Gasteiger partial charge in [-0.15, -0.1) is 0 Å². The van der Waals surface area contributed by atoms with Crippen LogP contribution in [0, 0.1) is 6.92 Å². The number of hydrogen-bond acceptors (Lipinski definition) is 6. The minimum absolute atomic E-state index is 0.00645. The van der Waals surface area contributed by atoms with Gasteiger partial charge in [-0.05, 0) is 61.7 Å². The molecular formula is C25H29N3O4. The standard InChI is InChI=1S/C25H29N3O4/c1-4-17-18-12-16(31-10-6-9-26)7-8-21(18)27-24-19(17)13-28-22(24)11-15(3)20(25(28)30)14-32-23(29)5-2/h7-8,11-12H,4-6,9-10,13-14,26H2,1-3H3. The second-order valence-corrected chi connectivity index (χ2v) is 8.04. The van der Waals surface area contributed by atoms with E-state index in [9.17, 15) is 9.59 Å². The molecule has 1 aliphatic heterocycles. The van der Waals surface area contributed by atoms with Gasteiger partial charge in [-0.2, -0.15) is 0 Å². The Balaban J connectivity index is 1.77. The molecule has 0 saturated carbocycles. The third-order valence-electron chi connectivity index (χ3n) is 5.99. The van der Waals surface area contributed by atoms with Crippen molar-refractivity contribution in [3.63, 3.8) is 0 Å². The molecule has 2 aromatic heterocycles. The molecule has 0 spiro atoms. The van der Waals surface area contributed by atoms with Crippen LogP contribution in [0.4, 0.5) is 0 Å². The second kappa shape index (κ2) is 9.12. The molecule has 168 valence electrons. The van der Waals surface area contributed by atoms with E-state index >= 15 is 0 Å². The van der Waals surface area contributed by atoms with Gasteiger partial charge >= 0.3 is 5.97 Å². The van der Waals surface area contributed by atoms with Crippen LogP contribution in [0.1, 0.15) is 48.9 Å². The Hall–Kier alpha value is -3.19. The Morgan fingerprint density at radius 3 is 2.75 bits per heavy atom. The number of hydrogen-bond donors (Lipinski definition) is 1. The summed E-state index contributed by atoms with van der Waals surface area (Å²) in [5, 5.41) is 1.05. The molecule has 0 bridgehead atoms. The van der Waals surface area contributed by atoms with Crippen LogP contribution in [0.2, 0.25) is 0 Å². The van der Waals surface area contributed by atoms with E-state index < -0.39 is 0 Å². The first-order chi connectivity index (χ1) is 15.5. The summed E-state index contributed by atoms with van der Waals surface area (Å²) in [6.45, 7) is 7.35. The summed E-state index contributed by atoms with van der Waals surface area (Å²) in [7, 11) is 0. The third-order valence-corrected chi connectivity index (χ3v) is 5.99. The maximum Gasteiger partial charge on any atom is 0.305 e. The predicted molar refractivity (Wildman–Crippen MR) is 124 cm³/mol. The van der Waals surface area contributed by atoms with Crippen LogP contribution < -0.4 is 16.0 Å².